The van der Waals surface area contributed by atoms with Crippen LogP contribution >= 0.6 is 11.3 Å². The van der Waals surface area contributed by atoms with Gasteiger partial charge in [-0.2, -0.15) is 13.2 Å². The number of thiophene rings is 1. The van der Waals surface area contributed by atoms with E-state index < -0.39 is 12.6 Å². The van der Waals surface area contributed by atoms with Crippen molar-refractivity contribution < 1.29 is 13.2 Å². The average Bonchev–Trinajstić information content (AvgIpc) is 2.60. The molecule has 0 spiro atoms. The van der Waals surface area contributed by atoms with E-state index in [1.165, 1.54) is 11.3 Å². The van der Waals surface area contributed by atoms with Crippen LogP contribution in [0.3, 0.4) is 0 Å². The van der Waals surface area contributed by atoms with Crippen LogP contribution in [-0.4, -0.2) is 16.1 Å². The molecule has 6 heteroatoms. The van der Waals surface area contributed by atoms with Gasteiger partial charge in [0.1, 0.15) is 5.82 Å². The molecule has 2 rings (SSSR count). The quantitative estimate of drug-likeness (QED) is 0.794. The van der Waals surface area contributed by atoms with E-state index in [1.807, 2.05) is 5.38 Å². The zero-order valence-electron chi connectivity index (χ0n) is 7.58. The van der Waals surface area contributed by atoms with Crippen molar-refractivity contribution in [3.63, 3.8) is 0 Å². The number of aromatic nitrogens is 2. The van der Waals surface area contributed by atoms with E-state index in [0.717, 1.165) is 4.70 Å². The fourth-order valence-corrected chi connectivity index (χ4v) is 1.87. The molecule has 80 valence electrons. The Morgan fingerprint density at radius 3 is 2.87 bits per heavy atom. The monoisotopic (exact) mass is 232 g/mol. The van der Waals surface area contributed by atoms with Crippen LogP contribution in [0.1, 0.15) is 12.2 Å². The predicted molar refractivity (Wildman–Crippen MR) is 51.8 cm³/mol. The summed E-state index contributed by atoms with van der Waals surface area (Å²) < 4.78 is 36.7. The average molecular weight is 232 g/mol. The van der Waals surface area contributed by atoms with Gasteiger partial charge in [0.25, 0.3) is 0 Å². The summed E-state index contributed by atoms with van der Waals surface area (Å²) >= 11 is 1.47. The van der Waals surface area contributed by atoms with Crippen LogP contribution in [0.5, 0.6) is 0 Å². The van der Waals surface area contributed by atoms with Crippen LogP contribution < -0.4 is 0 Å². The number of rotatable bonds is 2. The van der Waals surface area contributed by atoms with Gasteiger partial charge in [-0.3, -0.25) is 0 Å². The van der Waals surface area contributed by atoms with Crippen molar-refractivity contribution in [3.8, 4) is 0 Å². The van der Waals surface area contributed by atoms with Gasteiger partial charge in [-0.05, 0) is 11.4 Å². The van der Waals surface area contributed by atoms with Crippen molar-refractivity contribution in [2.75, 3.05) is 0 Å². The second-order valence-corrected chi connectivity index (χ2v) is 4.02. The van der Waals surface area contributed by atoms with Crippen LogP contribution in [0.2, 0.25) is 0 Å². The first-order valence-electron chi connectivity index (χ1n) is 4.30. The van der Waals surface area contributed by atoms with E-state index in [1.54, 1.807) is 12.3 Å². The van der Waals surface area contributed by atoms with Gasteiger partial charge in [0, 0.05) is 12.6 Å². The molecule has 2 aromatic heterocycles. The van der Waals surface area contributed by atoms with Crippen LogP contribution in [0.15, 0.2) is 17.6 Å². The summed E-state index contributed by atoms with van der Waals surface area (Å²) in [6, 6.07) is 1.78. The Bertz CT molecular complexity index is 464. The fraction of sp³-hybridized carbons (Fsp3) is 0.333. The smallest absolute Gasteiger partial charge is 0.240 e. The lowest BCUT2D eigenvalue weighted by molar-refractivity contribution is -0.134. The number of alkyl halides is 3. The van der Waals surface area contributed by atoms with E-state index in [0.29, 0.717) is 5.52 Å². The molecule has 0 fully saturated rings. The van der Waals surface area contributed by atoms with Gasteiger partial charge < -0.3 is 0 Å². The van der Waals surface area contributed by atoms with Crippen molar-refractivity contribution in [3.05, 3.63) is 23.5 Å². The van der Waals surface area contributed by atoms with Crippen molar-refractivity contribution in [1.29, 1.82) is 0 Å². The van der Waals surface area contributed by atoms with Gasteiger partial charge >= 0.3 is 6.18 Å². The highest BCUT2D eigenvalue weighted by molar-refractivity contribution is 7.17. The molecule has 2 aromatic rings. The van der Waals surface area contributed by atoms with Gasteiger partial charge in [-0.1, -0.05) is 0 Å². The number of hydrogen-bond acceptors (Lipinski definition) is 3. The molecule has 0 atom stereocenters. The van der Waals surface area contributed by atoms with Crippen molar-refractivity contribution in [2.24, 2.45) is 0 Å². The third-order valence-electron chi connectivity index (χ3n) is 1.89. The highest BCUT2D eigenvalue weighted by Crippen LogP contribution is 2.22. The predicted octanol–water partition coefficient (Wildman–Crippen LogP) is 3.19. The maximum atomic E-state index is 11.9. The van der Waals surface area contributed by atoms with Crippen LogP contribution in [0, 0.1) is 0 Å². The molecule has 0 amide bonds. The van der Waals surface area contributed by atoms with Crippen molar-refractivity contribution in [2.45, 2.75) is 19.0 Å². The van der Waals surface area contributed by atoms with Crippen LogP contribution in [0.4, 0.5) is 13.2 Å². The molecule has 0 saturated carbocycles. The molecule has 2 heterocycles. The standard InChI is InChI=1S/C9H7F3N2S/c10-9(11,12)3-1-8-13-5-7-6(14-8)2-4-15-7/h2,4-5H,1,3H2. The Hall–Kier alpha value is -1.17. The van der Waals surface area contributed by atoms with E-state index in [-0.39, 0.29) is 12.2 Å². The minimum absolute atomic E-state index is 0.157. The summed E-state index contributed by atoms with van der Waals surface area (Å²) in [4.78, 5) is 7.92. The van der Waals surface area contributed by atoms with E-state index in [4.69, 9.17) is 0 Å². The summed E-state index contributed by atoms with van der Waals surface area (Å²) in [5.41, 5.74) is 0.715. The molecule has 15 heavy (non-hydrogen) atoms. The van der Waals surface area contributed by atoms with Gasteiger partial charge in [-0.25, -0.2) is 9.97 Å². The first-order valence-corrected chi connectivity index (χ1v) is 5.18. The summed E-state index contributed by atoms with van der Waals surface area (Å²) in [7, 11) is 0. The number of aryl methyl sites for hydroxylation is 1. The van der Waals surface area contributed by atoms with Gasteiger partial charge in [0.05, 0.1) is 16.6 Å². The molecule has 0 unspecified atom stereocenters. The minimum Gasteiger partial charge on any atom is -0.240 e. The lowest BCUT2D eigenvalue weighted by atomic mass is 10.3. The second-order valence-electron chi connectivity index (χ2n) is 3.07. The Kier molecular flexibility index (Phi) is 2.60. The fourth-order valence-electron chi connectivity index (χ4n) is 1.18. The maximum absolute atomic E-state index is 11.9. The largest absolute Gasteiger partial charge is 0.389 e. The molecule has 0 N–H and O–H groups in total. The third-order valence-corrected chi connectivity index (χ3v) is 2.73. The molecule has 0 saturated heterocycles. The Morgan fingerprint density at radius 2 is 2.13 bits per heavy atom. The van der Waals surface area contributed by atoms with E-state index in [2.05, 4.69) is 9.97 Å². The van der Waals surface area contributed by atoms with Gasteiger partial charge in [0.15, 0.2) is 0 Å². The number of halogens is 3. The molecular weight excluding hydrogens is 225 g/mol. The summed E-state index contributed by atoms with van der Waals surface area (Å²) in [6.07, 6.45) is -3.61. The third kappa shape index (κ3) is 2.65. The maximum Gasteiger partial charge on any atom is 0.389 e. The Labute approximate surface area is 87.8 Å². The number of hydrogen-bond donors (Lipinski definition) is 0. The molecule has 2 nitrogen and oxygen atoms in total. The minimum atomic E-state index is -4.15. The lowest BCUT2D eigenvalue weighted by Gasteiger charge is -2.04. The van der Waals surface area contributed by atoms with Crippen LogP contribution in [-0.2, 0) is 6.42 Å². The summed E-state index contributed by atoms with van der Waals surface area (Å²) in [5, 5.41) is 1.84. The highest BCUT2D eigenvalue weighted by atomic mass is 32.1. The first-order chi connectivity index (χ1) is 7.04. The zero-order chi connectivity index (χ0) is 10.9. The molecule has 0 radical (unpaired) electrons. The first kappa shape index (κ1) is 10.4. The molecular formula is C9H7F3N2S. The molecule has 0 aliphatic rings. The normalized spacial score (nSPS) is 12.2. The second kappa shape index (κ2) is 3.77. The topological polar surface area (TPSA) is 25.8 Å². The number of nitrogens with zero attached hydrogens (tertiary/aromatic N) is 2. The highest BCUT2D eigenvalue weighted by Gasteiger charge is 2.27. The lowest BCUT2D eigenvalue weighted by Crippen LogP contribution is -2.09. The molecule has 0 aliphatic heterocycles. The molecule has 0 aliphatic carbocycles. The van der Waals surface area contributed by atoms with Gasteiger partial charge in [-0.15, -0.1) is 11.3 Å². The number of fused-ring (bicyclic) bond motifs is 1. The summed E-state index contributed by atoms with van der Waals surface area (Å²) in [6.45, 7) is 0. The van der Waals surface area contributed by atoms with E-state index in [9.17, 15) is 13.2 Å². The Morgan fingerprint density at radius 1 is 1.33 bits per heavy atom. The van der Waals surface area contributed by atoms with Gasteiger partial charge in [0.2, 0.25) is 0 Å². The Balaban J connectivity index is 2.15. The van der Waals surface area contributed by atoms with E-state index >= 15 is 0 Å². The van der Waals surface area contributed by atoms with Crippen molar-refractivity contribution in [1.82, 2.24) is 9.97 Å². The SMILES string of the molecule is FC(F)(F)CCc1ncc2sccc2n1. The van der Waals surface area contributed by atoms with Crippen molar-refractivity contribution >= 4 is 21.6 Å². The molecule has 0 bridgehead atoms. The summed E-state index contributed by atoms with van der Waals surface area (Å²) in [5.74, 6) is 0.248. The zero-order valence-corrected chi connectivity index (χ0v) is 8.40. The van der Waals surface area contributed by atoms with Crippen LogP contribution in [0.25, 0.3) is 10.2 Å². The molecule has 0 aromatic carbocycles.